The van der Waals surface area contributed by atoms with Gasteiger partial charge in [-0.15, -0.1) is 0 Å². The van der Waals surface area contributed by atoms with E-state index in [0.29, 0.717) is 0 Å². The summed E-state index contributed by atoms with van der Waals surface area (Å²) in [6, 6.07) is 24.1. The lowest BCUT2D eigenvalue weighted by Crippen LogP contribution is -2.47. The highest BCUT2D eigenvalue weighted by Gasteiger charge is 2.36. The molecule has 8 heteroatoms. The summed E-state index contributed by atoms with van der Waals surface area (Å²) < 4.78 is 15.9. The lowest BCUT2D eigenvalue weighted by molar-refractivity contribution is -0.106. The van der Waals surface area contributed by atoms with Gasteiger partial charge in [0.25, 0.3) is 0 Å². The molecular weight excluding hydrogens is 440 g/mol. The van der Waals surface area contributed by atoms with Crippen LogP contribution in [-0.4, -0.2) is 59.6 Å². The quantitative estimate of drug-likeness (QED) is 0.347. The van der Waals surface area contributed by atoms with Crippen molar-refractivity contribution in [1.29, 1.82) is 0 Å². The Morgan fingerprint density at radius 1 is 0.647 bits per heavy atom. The minimum absolute atomic E-state index is 0.187. The van der Waals surface area contributed by atoms with Gasteiger partial charge in [-0.3, -0.25) is 0 Å². The SMILES string of the molecule is O=C(OCC(O)C(OC(=O)c1ccccc1)C(CO)OC(=O)c1ccccc1)c1ccccc1. The fraction of sp³-hybridized carbons (Fsp3) is 0.192. The van der Waals surface area contributed by atoms with Crippen LogP contribution in [0.25, 0.3) is 0 Å². The van der Waals surface area contributed by atoms with E-state index >= 15 is 0 Å². The van der Waals surface area contributed by atoms with E-state index in [1.807, 2.05) is 0 Å². The summed E-state index contributed by atoms with van der Waals surface area (Å²) in [5, 5.41) is 20.6. The van der Waals surface area contributed by atoms with Crippen LogP contribution in [0.2, 0.25) is 0 Å². The first-order valence-corrected chi connectivity index (χ1v) is 10.5. The summed E-state index contributed by atoms with van der Waals surface area (Å²) in [5.74, 6) is -2.29. The summed E-state index contributed by atoms with van der Waals surface area (Å²) in [5.41, 5.74) is 0.660. The minimum atomic E-state index is -1.60. The Hall–Kier alpha value is -4.01. The number of hydrogen-bond acceptors (Lipinski definition) is 8. The third-order valence-corrected chi connectivity index (χ3v) is 4.84. The van der Waals surface area contributed by atoms with Crippen molar-refractivity contribution in [2.24, 2.45) is 0 Å². The average Bonchev–Trinajstić information content (AvgIpc) is 2.90. The number of benzene rings is 3. The molecule has 0 aliphatic heterocycles. The molecular formula is C26H24O8. The summed E-state index contributed by atoms with van der Waals surface area (Å²) >= 11 is 0. The average molecular weight is 464 g/mol. The Bertz CT molecular complexity index is 1070. The highest BCUT2D eigenvalue weighted by molar-refractivity contribution is 5.90. The number of carbonyl (C=O) groups excluding carboxylic acids is 3. The van der Waals surface area contributed by atoms with Crippen LogP contribution >= 0.6 is 0 Å². The molecule has 0 aromatic heterocycles. The lowest BCUT2D eigenvalue weighted by atomic mass is 10.1. The van der Waals surface area contributed by atoms with Gasteiger partial charge in [0, 0.05) is 0 Å². The zero-order valence-electron chi connectivity index (χ0n) is 18.2. The molecule has 0 spiro atoms. The first kappa shape index (κ1) is 24.6. The van der Waals surface area contributed by atoms with E-state index in [-0.39, 0.29) is 16.7 Å². The van der Waals surface area contributed by atoms with Gasteiger partial charge in [-0.25, -0.2) is 14.4 Å². The molecule has 0 aliphatic rings. The Labute approximate surface area is 196 Å². The molecule has 3 aromatic rings. The van der Waals surface area contributed by atoms with E-state index in [4.69, 9.17) is 14.2 Å². The molecule has 0 amide bonds. The maximum Gasteiger partial charge on any atom is 0.338 e. The topological polar surface area (TPSA) is 119 Å². The second-order valence-corrected chi connectivity index (χ2v) is 7.26. The fourth-order valence-electron chi connectivity index (χ4n) is 3.07. The first-order valence-electron chi connectivity index (χ1n) is 10.5. The summed E-state index contributed by atoms with van der Waals surface area (Å²) in [7, 11) is 0. The van der Waals surface area contributed by atoms with E-state index in [1.54, 1.807) is 66.7 Å². The number of aliphatic hydroxyl groups excluding tert-OH is 2. The Morgan fingerprint density at radius 2 is 1.06 bits per heavy atom. The molecule has 0 aliphatic carbocycles. The summed E-state index contributed by atoms with van der Waals surface area (Å²) in [6.07, 6.45) is -4.54. The molecule has 2 N–H and O–H groups in total. The molecule has 3 unspecified atom stereocenters. The van der Waals surface area contributed by atoms with Crippen molar-refractivity contribution in [3.63, 3.8) is 0 Å². The van der Waals surface area contributed by atoms with Gasteiger partial charge in [0.15, 0.2) is 12.2 Å². The van der Waals surface area contributed by atoms with Crippen molar-refractivity contribution < 1.29 is 38.8 Å². The molecule has 0 heterocycles. The van der Waals surface area contributed by atoms with Crippen molar-refractivity contribution in [3.8, 4) is 0 Å². The van der Waals surface area contributed by atoms with Crippen LogP contribution in [0.4, 0.5) is 0 Å². The van der Waals surface area contributed by atoms with Crippen LogP contribution < -0.4 is 0 Å². The van der Waals surface area contributed by atoms with Gasteiger partial charge >= 0.3 is 17.9 Å². The normalized spacial score (nSPS) is 13.2. The van der Waals surface area contributed by atoms with Gasteiger partial charge in [-0.1, -0.05) is 54.6 Å². The second kappa shape index (κ2) is 12.3. The largest absolute Gasteiger partial charge is 0.459 e. The maximum absolute atomic E-state index is 12.6. The van der Waals surface area contributed by atoms with Crippen LogP contribution in [0, 0.1) is 0 Å². The van der Waals surface area contributed by atoms with Gasteiger partial charge in [-0.2, -0.15) is 0 Å². The van der Waals surface area contributed by atoms with E-state index in [2.05, 4.69) is 0 Å². The Morgan fingerprint density at radius 3 is 1.50 bits per heavy atom. The van der Waals surface area contributed by atoms with E-state index < -0.39 is 49.4 Å². The number of aliphatic hydroxyl groups is 2. The van der Waals surface area contributed by atoms with Crippen molar-refractivity contribution in [2.75, 3.05) is 13.2 Å². The molecule has 0 bridgehead atoms. The molecule has 3 rings (SSSR count). The number of esters is 3. The molecule has 0 fully saturated rings. The van der Waals surface area contributed by atoms with Gasteiger partial charge in [0.1, 0.15) is 12.7 Å². The molecule has 0 saturated carbocycles. The predicted octanol–water partition coefficient (Wildman–Crippen LogP) is 2.65. The molecule has 3 atom stereocenters. The number of hydrogen-bond donors (Lipinski definition) is 2. The lowest BCUT2D eigenvalue weighted by Gasteiger charge is -2.29. The van der Waals surface area contributed by atoms with Crippen molar-refractivity contribution >= 4 is 17.9 Å². The maximum atomic E-state index is 12.6. The van der Waals surface area contributed by atoms with Crippen LogP contribution in [0.5, 0.6) is 0 Å². The highest BCUT2D eigenvalue weighted by atomic mass is 16.6. The standard InChI is InChI=1S/C26H24O8/c27-16-22(33-25(30)19-12-6-2-7-13-19)23(34-26(31)20-14-8-3-9-15-20)21(28)17-32-24(29)18-10-4-1-5-11-18/h1-15,21-23,27-28H,16-17H2. The third-order valence-electron chi connectivity index (χ3n) is 4.84. The fourth-order valence-corrected chi connectivity index (χ4v) is 3.07. The van der Waals surface area contributed by atoms with E-state index in [0.717, 1.165) is 0 Å². The summed E-state index contributed by atoms with van der Waals surface area (Å²) in [4.78, 5) is 37.4. The second-order valence-electron chi connectivity index (χ2n) is 7.26. The molecule has 3 aromatic carbocycles. The van der Waals surface area contributed by atoms with Gasteiger partial charge in [0.2, 0.25) is 0 Å². The van der Waals surface area contributed by atoms with Crippen molar-refractivity contribution in [1.82, 2.24) is 0 Å². The van der Waals surface area contributed by atoms with Gasteiger partial charge < -0.3 is 24.4 Å². The molecule has 0 saturated heterocycles. The molecule has 8 nitrogen and oxygen atoms in total. The molecule has 176 valence electrons. The predicted molar refractivity (Wildman–Crippen MR) is 121 cm³/mol. The number of carbonyl (C=O) groups is 3. The van der Waals surface area contributed by atoms with Crippen LogP contribution in [-0.2, 0) is 14.2 Å². The molecule has 34 heavy (non-hydrogen) atoms. The number of rotatable bonds is 10. The van der Waals surface area contributed by atoms with Crippen LogP contribution in [0.15, 0.2) is 91.0 Å². The van der Waals surface area contributed by atoms with Gasteiger partial charge in [-0.05, 0) is 36.4 Å². The van der Waals surface area contributed by atoms with Gasteiger partial charge in [0.05, 0.1) is 23.3 Å². The van der Waals surface area contributed by atoms with E-state index in [9.17, 15) is 24.6 Å². The summed E-state index contributed by atoms with van der Waals surface area (Å²) in [6.45, 7) is -1.32. The van der Waals surface area contributed by atoms with Crippen LogP contribution in [0.3, 0.4) is 0 Å². The number of ether oxygens (including phenoxy) is 3. The highest BCUT2D eigenvalue weighted by Crippen LogP contribution is 2.16. The monoisotopic (exact) mass is 464 g/mol. The van der Waals surface area contributed by atoms with Crippen LogP contribution in [0.1, 0.15) is 31.1 Å². The zero-order chi connectivity index (χ0) is 24.3. The zero-order valence-corrected chi connectivity index (χ0v) is 18.2. The molecule has 0 radical (unpaired) electrons. The Kier molecular flexibility index (Phi) is 8.90. The Balaban J connectivity index is 1.76. The van der Waals surface area contributed by atoms with Crippen molar-refractivity contribution in [3.05, 3.63) is 108 Å². The minimum Gasteiger partial charge on any atom is -0.459 e. The first-order chi connectivity index (χ1) is 16.5. The third kappa shape index (κ3) is 6.74. The smallest absolute Gasteiger partial charge is 0.338 e. The van der Waals surface area contributed by atoms with E-state index in [1.165, 1.54) is 24.3 Å². The van der Waals surface area contributed by atoms with Crippen molar-refractivity contribution in [2.45, 2.75) is 18.3 Å².